The summed E-state index contributed by atoms with van der Waals surface area (Å²) in [6.45, 7) is -0.152. The molecule has 1 aliphatic heterocycles. The summed E-state index contributed by atoms with van der Waals surface area (Å²) in [6, 6.07) is 17.8. The van der Waals surface area contributed by atoms with Crippen molar-refractivity contribution in [2.75, 3.05) is 7.11 Å². The number of fused-ring (bicyclic) bond motifs is 1. The predicted molar refractivity (Wildman–Crippen MR) is 104 cm³/mol. The van der Waals surface area contributed by atoms with Gasteiger partial charge in [-0.2, -0.15) is 0 Å². The van der Waals surface area contributed by atoms with Crippen LogP contribution in [-0.2, 0) is 11.3 Å². The zero-order valence-corrected chi connectivity index (χ0v) is 15.5. The SMILES string of the molecule is COC(=O)c1cccc(-c2ccc(CN3C(=O)c4ccccc4C3=O)c(F)c2)c1. The first-order chi connectivity index (χ1) is 14.0. The first-order valence-electron chi connectivity index (χ1n) is 8.92. The maximum Gasteiger partial charge on any atom is 0.337 e. The van der Waals surface area contributed by atoms with Gasteiger partial charge in [0.25, 0.3) is 11.8 Å². The van der Waals surface area contributed by atoms with Gasteiger partial charge in [-0.1, -0.05) is 36.4 Å². The predicted octanol–water partition coefficient (Wildman–Crippen LogP) is 4.08. The number of benzene rings is 3. The normalized spacial score (nSPS) is 12.8. The summed E-state index contributed by atoms with van der Waals surface area (Å²) in [5.41, 5.74) is 2.47. The fourth-order valence-corrected chi connectivity index (χ4v) is 3.35. The van der Waals surface area contributed by atoms with E-state index in [0.29, 0.717) is 27.8 Å². The highest BCUT2D eigenvalue weighted by atomic mass is 19.1. The summed E-state index contributed by atoms with van der Waals surface area (Å²) in [6.07, 6.45) is 0. The van der Waals surface area contributed by atoms with E-state index in [2.05, 4.69) is 0 Å². The van der Waals surface area contributed by atoms with E-state index in [0.717, 1.165) is 4.90 Å². The molecule has 144 valence electrons. The summed E-state index contributed by atoms with van der Waals surface area (Å²) < 4.78 is 19.5. The Bertz CT molecular complexity index is 1120. The Hall–Kier alpha value is -3.80. The number of amides is 2. The summed E-state index contributed by atoms with van der Waals surface area (Å²) in [5, 5.41) is 0. The van der Waals surface area contributed by atoms with Crippen LogP contribution in [0.4, 0.5) is 4.39 Å². The molecule has 6 heteroatoms. The number of nitrogens with zero attached hydrogens (tertiary/aromatic N) is 1. The van der Waals surface area contributed by atoms with E-state index in [-0.39, 0.29) is 12.1 Å². The first kappa shape index (κ1) is 18.6. The van der Waals surface area contributed by atoms with Gasteiger partial charge in [0.1, 0.15) is 5.82 Å². The van der Waals surface area contributed by atoms with E-state index in [4.69, 9.17) is 4.74 Å². The van der Waals surface area contributed by atoms with Crippen molar-refractivity contribution < 1.29 is 23.5 Å². The van der Waals surface area contributed by atoms with Crippen LogP contribution < -0.4 is 0 Å². The largest absolute Gasteiger partial charge is 0.465 e. The van der Waals surface area contributed by atoms with Crippen molar-refractivity contribution in [2.24, 2.45) is 0 Å². The monoisotopic (exact) mass is 389 g/mol. The number of rotatable bonds is 4. The second kappa shape index (κ2) is 7.31. The molecule has 0 unspecified atom stereocenters. The zero-order chi connectivity index (χ0) is 20.5. The van der Waals surface area contributed by atoms with Crippen LogP contribution in [0, 0.1) is 5.82 Å². The summed E-state index contributed by atoms with van der Waals surface area (Å²) in [4.78, 5) is 37.7. The number of methoxy groups -OCH3 is 1. The molecule has 0 fully saturated rings. The lowest BCUT2D eigenvalue weighted by atomic mass is 10.0. The number of halogens is 1. The van der Waals surface area contributed by atoms with Crippen LogP contribution in [0.5, 0.6) is 0 Å². The number of ether oxygens (including phenoxy) is 1. The number of hydrogen-bond acceptors (Lipinski definition) is 4. The van der Waals surface area contributed by atoms with Crippen LogP contribution in [0.25, 0.3) is 11.1 Å². The lowest BCUT2D eigenvalue weighted by Crippen LogP contribution is -2.29. The smallest absolute Gasteiger partial charge is 0.337 e. The third kappa shape index (κ3) is 3.29. The molecule has 1 aliphatic rings. The van der Waals surface area contributed by atoms with Crippen molar-refractivity contribution in [1.29, 1.82) is 0 Å². The Labute approximate surface area is 166 Å². The van der Waals surface area contributed by atoms with Crippen molar-refractivity contribution in [3.05, 3.63) is 94.8 Å². The van der Waals surface area contributed by atoms with E-state index < -0.39 is 23.6 Å². The summed E-state index contributed by atoms with van der Waals surface area (Å²) >= 11 is 0. The van der Waals surface area contributed by atoms with E-state index in [9.17, 15) is 18.8 Å². The molecule has 0 saturated heterocycles. The second-order valence-corrected chi connectivity index (χ2v) is 6.62. The Morgan fingerprint density at radius 3 is 2.17 bits per heavy atom. The molecule has 0 aromatic heterocycles. The van der Waals surface area contributed by atoms with E-state index in [1.165, 1.54) is 13.2 Å². The third-order valence-corrected chi connectivity index (χ3v) is 4.88. The van der Waals surface area contributed by atoms with Gasteiger partial charge in [0.15, 0.2) is 0 Å². The van der Waals surface area contributed by atoms with E-state index >= 15 is 0 Å². The van der Waals surface area contributed by atoms with E-state index in [1.807, 2.05) is 0 Å². The van der Waals surface area contributed by atoms with E-state index in [1.54, 1.807) is 60.7 Å². The number of carbonyl (C=O) groups is 3. The molecule has 29 heavy (non-hydrogen) atoms. The van der Waals surface area contributed by atoms with Crippen LogP contribution in [0.3, 0.4) is 0 Å². The van der Waals surface area contributed by atoms with Gasteiger partial charge >= 0.3 is 5.97 Å². The van der Waals surface area contributed by atoms with Crippen LogP contribution in [-0.4, -0.2) is 29.8 Å². The van der Waals surface area contributed by atoms with Crippen LogP contribution in [0.1, 0.15) is 36.6 Å². The molecular weight excluding hydrogens is 373 g/mol. The standard InChI is InChI=1S/C23H16FNO4/c1-29-23(28)16-6-4-5-14(11-16)15-9-10-17(20(24)12-15)13-25-21(26)18-7-2-3-8-19(18)22(25)27/h2-12H,13H2,1H3. The molecule has 4 rings (SSSR count). The average Bonchev–Trinajstić information content (AvgIpc) is 2.99. The minimum Gasteiger partial charge on any atom is -0.465 e. The Balaban J connectivity index is 1.60. The molecular formula is C23H16FNO4. The highest BCUT2D eigenvalue weighted by molar-refractivity contribution is 6.21. The molecule has 3 aromatic carbocycles. The molecule has 0 spiro atoms. The molecule has 5 nitrogen and oxygen atoms in total. The number of hydrogen-bond donors (Lipinski definition) is 0. The molecule has 2 amide bonds. The van der Waals surface area contributed by atoms with Gasteiger partial charge in [-0.3, -0.25) is 14.5 Å². The molecule has 0 bridgehead atoms. The van der Waals surface area contributed by atoms with Gasteiger partial charge in [-0.15, -0.1) is 0 Å². The quantitative estimate of drug-likeness (QED) is 0.498. The summed E-state index contributed by atoms with van der Waals surface area (Å²) in [5.74, 6) is -1.88. The minimum atomic E-state index is -0.539. The third-order valence-electron chi connectivity index (χ3n) is 4.88. The number of imide groups is 1. The average molecular weight is 389 g/mol. The van der Waals surface area contributed by atoms with Gasteiger partial charge in [-0.25, -0.2) is 9.18 Å². The lowest BCUT2D eigenvalue weighted by molar-refractivity contribution is 0.0597. The molecule has 3 aromatic rings. The Kier molecular flexibility index (Phi) is 4.68. The zero-order valence-electron chi connectivity index (χ0n) is 15.5. The van der Waals surface area contributed by atoms with Crippen LogP contribution in [0.15, 0.2) is 66.7 Å². The van der Waals surface area contributed by atoms with Crippen molar-refractivity contribution in [3.63, 3.8) is 0 Å². The fourth-order valence-electron chi connectivity index (χ4n) is 3.35. The van der Waals surface area contributed by atoms with Crippen molar-refractivity contribution in [2.45, 2.75) is 6.54 Å². The van der Waals surface area contributed by atoms with Gasteiger partial charge in [0, 0.05) is 5.56 Å². The topological polar surface area (TPSA) is 63.7 Å². The molecule has 0 atom stereocenters. The second-order valence-electron chi connectivity index (χ2n) is 6.62. The van der Waals surface area contributed by atoms with Gasteiger partial charge in [-0.05, 0) is 41.5 Å². The Morgan fingerprint density at radius 2 is 1.55 bits per heavy atom. The van der Waals surface area contributed by atoms with Crippen molar-refractivity contribution in [3.8, 4) is 11.1 Å². The lowest BCUT2D eigenvalue weighted by Gasteiger charge is -2.15. The van der Waals surface area contributed by atoms with Gasteiger partial charge in [0.05, 0.1) is 30.3 Å². The fraction of sp³-hybridized carbons (Fsp3) is 0.0870. The summed E-state index contributed by atoms with van der Waals surface area (Å²) in [7, 11) is 1.29. The highest BCUT2D eigenvalue weighted by Gasteiger charge is 2.35. The number of carbonyl (C=O) groups excluding carboxylic acids is 3. The molecule has 0 saturated carbocycles. The highest BCUT2D eigenvalue weighted by Crippen LogP contribution is 2.27. The van der Waals surface area contributed by atoms with Gasteiger partial charge in [0.2, 0.25) is 0 Å². The molecule has 0 aliphatic carbocycles. The molecule has 1 heterocycles. The van der Waals surface area contributed by atoms with Crippen molar-refractivity contribution >= 4 is 17.8 Å². The van der Waals surface area contributed by atoms with Crippen LogP contribution in [0.2, 0.25) is 0 Å². The maximum absolute atomic E-state index is 14.8. The maximum atomic E-state index is 14.8. The Morgan fingerprint density at radius 1 is 0.897 bits per heavy atom. The number of esters is 1. The first-order valence-corrected chi connectivity index (χ1v) is 8.92. The molecule has 0 N–H and O–H groups in total. The van der Waals surface area contributed by atoms with Crippen molar-refractivity contribution in [1.82, 2.24) is 4.90 Å². The minimum absolute atomic E-state index is 0.152. The molecule has 0 radical (unpaired) electrons. The van der Waals surface area contributed by atoms with Gasteiger partial charge < -0.3 is 4.74 Å². The van der Waals surface area contributed by atoms with Crippen LogP contribution >= 0.6 is 0 Å².